The van der Waals surface area contributed by atoms with E-state index in [-0.39, 0.29) is 54.4 Å². The van der Waals surface area contributed by atoms with E-state index in [9.17, 15) is 0 Å². The lowest BCUT2D eigenvalue weighted by Gasteiger charge is -1.41. The minimum absolute atomic E-state index is 0. The van der Waals surface area contributed by atoms with Crippen LogP contribution < -0.4 is 0 Å². The summed E-state index contributed by atoms with van der Waals surface area (Å²) in [5.74, 6) is 0. The van der Waals surface area contributed by atoms with Gasteiger partial charge in [0.05, 0.1) is 0 Å². The van der Waals surface area contributed by atoms with Gasteiger partial charge in [-0.2, -0.15) is 0 Å². The lowest BCUT2D eigenvalue weighted by atomic mass is 9.40. The average molecular weight is 604 g/mol. The lowest BCUT2D eigenvalue weighted by Crippen LogP contribution is -1.79. The second kappa shape index (κ2) is 377. The Hall–Kier alpha value is 0.390. The Labute approximate surface area is 293 Å². The van der Waals surface area contributed by atoms with Gasteiger partial charge in [0.15, 0.2) is 0 Å². The molecule has 4 aliphatic rings. The highest BCUT2D eigenvalue weighted by molar-refractivity contribution is 7.17. The summed E-state index contributed by atoms with van der Waals surface area (Å²) in [4.78, 5) is 0. The van der Waals surface area contributed by atoms with Gasteiger partial charge in [-0.15, -0.1) is 0 Å². The lowest BCUT2D eigenvalue weighted by molar-refractivity contribution is 1.50. The van der Waals surface area contributed by atoms with E-state index >= 15 is 0 Å². The SMILES string of the molecule is C.C.C.C.C.C.C1CC1.C1CC1.C1CC1.C1CC1.CC.CC.CC.CC.CC.CC.CC.CC.CC.[3HH].[B].[B][B].[B][B][B]. The van der Waals surface area contributed by atoms with Gasteiger partial charge in [-0.1, -0.05) is 246 Å². The first-order valence-corrected chi connectivity index (χ1v) is 16.0. The van der Waals surface area contributed by atoms with Crippen molar-refractivity contribution in [3.63, 3.8) is 0 Å². The van der Waals surface area contributed by atoms with Crippen molar-refractivity contribution in [1.82, 2.24) is 0 Å². The molecule has 0 spiro atoms. The molecule has 4 rings (SSSR count). The van der Waals surface area contributed by atoms with Crippen molar-refractivity contribution in [2.24, 2.45) is 0 Å². The van der Waals surface area contributed by atoms with Crippen molar-refractivity contribution in [3.05, 3.63) is 0 Å². The Balaban J connectivity index is -0.00000000838. The maximum atomic E-state index is 4.50. The van der Waals surface area contributed by atoms with Crippen LogP contribution in [0.4, 0.5) is 0 Å². The molecule has 0 amide bonds. The van der Waals surface area contributed by atoms with Gasteiger partial charge >= 0.3 is 0 Å². The predicted molar refractivity (Wildman–Crippen MR) is 235 cm³/mol. The molecule has 0 unspecified atom stereocenters. The van der Waals surface area contributed by atoms with Gasteiger partial charge in [0.25, 0.3) is 0 Å². The molecule has 0 atom stereocenters. The molecular weight excluding hydrogens is 497 g/mol. The molecule has 266 valence electrons. The highest BCUT2D eigenvalue weighted by atomic mass is 14.0. The van der Waals surface area contributed by atoms with Gasteiger partial charge in [-0.25, -0.2) is 0 Å². The standard InChI is InChI=1S/4C3H6.9C2H6.6CH4.B3.B2.B.H2/c4*1-2-3-1;9*1-2;;;;;;;1-3-2;1-2;;/h4*1-3H2;9*1-2H3;6*1H4;;;;1H/i;;;;;;;;;;;;;;;;;;;;;;1+2. The fourth-order valence-corrected chi connectivity index (χ4v) is 0. The van der Waals surface area contributed by atoms with Crippen LogP contribution in [0.2, 0.25) is 0 Å². The molecule has 0 N–H and O–H groups in total. The molecule has 42 heavy (non-hydrogen) atoms. The fourth-order valence-electron chi connectivity index (χ4n) is 0. The first-order chi connectivity index (χ1) is 17.4. The molecule has 0 aromatic heterocycles. The minimum atomic E-state index is 0. The zero-order chi connectivity index (χ0) is 31.2. The topological polar surface area (TPSA) is 0 Å². The zero-order valence-electron chi connectivity index (χ0n) is 29.9. The van der Waals surface area contributed by atoms with Crippen molar-refractivity contribution >= 4 is 46.4 Å². The van der Waals surface area contributed by atoms with Crippen LogP contribution in [-0.2, 0) is 0 Å². The number of hydrogen-bond donors (Lipinski definition) is 0. The summed E-state index contributed by atoms with van der Waals surface area (Å²) in [6.45, 7) is 36.0. The van der Waals surface area contributed by atoms with Crippen LogP contribution in [0.15, 0.2) is 0 Å². The molecule has 12 radical (unpaired) electrons. The molecule has 0 bridgehead atoms. The Kier molecular flexibility index (Phi) is 1090. The van der Waals surface area contributed by atoms with Gasteiger partial charge in [-0.05, 0) is 0 Å². The third-order valence-electron chi connectivity index (χ3n) is 1.41. The minimum Gasteiger partial charge on any atom is -0.0776 e. The first kappa shape index (κ1) is 122. The molecule has 0 nitrogen and oxygen atoms in total. The highest BCUT2D eigenvalue weighted by Gasteiger charge is 1.96. The normalized spacial score (nSPS) is 8.52. The van der Waals surface area contributed by atoms with Crippen LogP contribution in [0.3, 0.4) is 0 Å². The maximum Gasteiger partial charge on any atom is 0 e. The van der Waals surface area contributed by atoms with Crippen molar-refractivity contribution in [2.75, 3.05) is 0 Å². The summed E-state index contributed by atoms with van der Waals surface area (Å²) < 4.78 is 0. The third-order valence-corrected chi connectivity index (χ3v) is 1.41. The average Bonchev–Trinajstić information content (AvgIpc) is 3.86. The van der Waals surface area contributed by atoms with Gasteiger partial charge in [0.2, 0.25) is 0 Å². The van der Waals surface area contributed by atoms with Gasteiger partial charge in [-0.3, -0.25) is 0 Å². The summed E-state index contributed by atoms with van der Waals surface area (Å²) in [6, 6.07) is 0. The van der Waals surface area contributed by atoms with Crippen LogP contribution >= 0.6 is 0 Å². The van der Waals surface area contributed by atoms with Crippen molar-refractivity contribution in [1.29, 1.82) is 0 Å². The summed E-state index contributed by atoms with van der Waals surface area (Å²) in [6.07, 6.45) is 18.0. The summed E-state index contributed by atoms with van der Waals surface area (Å²) in [7, 11) is 18.0. The highest BCUT2D eigenvalue weighted by Crippen LogP contribution is 2.15. The molecule has 0 aliphatic heterocycles. The molecule has 4 aliphatic carbocycles. The Morgan fingerprint density at radius 3 is 0.310 bits per heavy atom. The van der Waals surface area contributed by atoms with Crippen LogP contribution in [0.1, 0.15) is 248 Å². The van der Waals surface area contributed by atoms with Gasteiger partial charge in [0, 0.05) is 47.8 Å². The molecule has 0 heterocycles. The first-order valence-electron chi connectivity index (χ1n) is 16.0. The van der Waals surface area contributed by atoms with E-state index in [1.807, 2.05) is 125 Å². The molecule has 0 aromatic rings. The molecule has 4 fully saturated rings. The van der Waals surface area contributed by atoms with E-state index in [0.29, 0.717) is 0 Å². The number of rotatable bonds is 0. The summed E-state index contributed by atoms with van der Waals surface area (Å²) in [5.41, 5.74) is 0. The second-order valence-electron chi connectivity index (χ2n) is 4.44. The van der Waals surface area contributed by atoms with Gasteiger partial charge in [0.1, 0.15) is 0 Å². The number of hydrogen-bond acceptors (Lipinski definition) is 0. The summed E-state index contributed by atoms with van der Waals surface area (Å²) in [5, 5.41) is 0. The maximum absolute atomic E-state index is 4.50. The van der Waals surface area contributed by atoms with E-state index in [2.05, 4.69) is 30.9 Å². The Bertz CT molecular complexity index is 84.9. The van der Waals surface area contributed by atoms with Crippen molar-refractivity contribution < 1.29 is 1.43 Å². The zero-order valence-corrected chi connectivity index (χ0v) is 29.9. The monoisotopic (exact) mass is 605 g/mol. The quantitative estimate of drug-likeness (QED) is 0.242. The molecule has 0 saturated heterocycles. The third kappa shape index (κ3) is 3250. The second-order valence-corrected chi connectivity index (χ2v) is 4.44. The predicted octanol–water partition coefficient (Wildman–Crippen LogP) is 15.7. The van der Waals surface area contributed by atoms with E-state index in [1.54, 1.807) is 0 Å². The largest absolute Gasteiger partial charge is 0.0776 e. The summed E-state index contributed by atoms with van der Waals surface area (Å²) >= 11 is 0. The van der Waals surface area contributed by atoms with Crippen molar-refractivity contribution in [2.45, 2.75) is 246 Å². The van der Waals surface area contributed by atoms with Crippen LogP contribution in [0.25, 0.3) is 0 Å². The van der Waals surface area contributed by atoms with E-state index in [4.69, 9.17) is 0 Å². The molecule has 4 saturated carbocycles. The van der Waals surface area contributed by atoms with E-state index in [1.165, 1.54) is 77.0 Å². The van der Waals surface area contributed by atoms with Crippen LogP contribution in [0, 0.1) is 0 Å². The Morgan fingerprint density at radius 2 is 0.310 bits per heavy atom. The van der Waals surface area contributed by atoms with Gasteiger partial charge < -0.3 is 0 Å². The smallest absolute Gasteiger partial charge is 0 e. The molecule has 6 heteroatoms. The molecular formula is C36H104B6. The van der Waals surface area contributed by atoms with Crippen LogP contribution in [0.5, 0.6) is 0 Å². The Morgan fingerprint density at radius 1 is 0.286 bits per heavy atom. The van der Waals surface area contributed by atoms with E-state index < -0.39 is 0 Å². The van der Waals surface area contributed by atoms with Crippen LogP contribution in [-0.4, -0.2) is 46.4 Å². The molecule has 0 aromatic carbocycles. The fraction of sp³-hybridized carbons (Fsp3) is 1.00. The van der Waals surface area contributed by atoms with Crippen molar-refractivity contribution in [3.8, 4) is 0 Å². The van der Waals surface area contributed by atoms with E-state index in [0.717, 1.165) is 7.06 Å².